The maximum atomic E-state index is 13.7. The lowest BCUT2D eigenvalue weighted by Crippen LogP contribution is -2.20. The zero-order valence-electron chi connectivity index (χ0n) is 13.9. The van der Waals surface area contributed by atoms with E-state index in [-0.39, 0.29) is 5.56 Å². The summed E-state index contributed by atoms with van der Waals surface area (Å²) in [4.78, 5) is 14.2. The van der Waals surface area contributed by atoms with Gasteiger partial charge in [-0.25, -0.2) is 8.78 Å². The summed E-state index contributed by atoms with van der Waals surface area (Å²) in [6, 6.07) is 8.02. The lowest BCUT2D eigenvalue weighted by molar-refractivity contribution is 0.102. The normalized spacial score (nSPS) is 10.8. The van der Waals surface area contributed by atoms with Crippen LogP contribution < -0.4 is 10.1 Å². The molecule has 0 unspecified atom stereocenters. The van der Waals surface area contributed by atoms with Crippen LogP contribution in [-0.4, -0.2) is 38.1 Å². The molecule has 24 heavy (non-hydrogen) atoms. The topological polar surface area (TPSA) is 41.6 Å². The average molecular weight is 334 g/mol. The van der Waals surface area contributed by atoms with E-state index in [1.54, 1.807) is 18.2 Å². The molecule has 0 aliphatic heterocycles. The molecule has 128 valence electrons. The predicted molar refractivity (Wildman–Crippen MR) is 89.5 cm³/mol. The van der Waals surface area contributed by atoms with E-state index in [9.17, 15) is 13.6 Å². The molecule has 4 nitrogen and oxygen atoms in total. The minimum absolute atomic E-state index is 0.352. The highest BCUT2D eigenvalue weighted by atomic mass is 19.1. The Morgan fingerprint density at radius 1 is 1.17 bits per heavy atom. The molecule has 0 saturated heterocycles. The van der Waals surface area contributed by atoms with Crippen molar-refractivity contribution < 1.29 is 18.3 Å². The molecule has 0 aromatic heterocycles. The van der Waals surface area contributed by atoms with Gasteiger partial charge in [0.2, 0.25) is 0 Å². The molecule has 1 N–H and O–H groups in total. The van der Waals surface area contributed by atoms with Crippen molar-refractivity contribution in [2.24, 2.45) is 0 Å². The fourth-order valence-electron chi connectivity index (χ4n) is 2.05. The van der Waals surface area contributed by atoms with Crippen molar-refractivity contribution in [2.75, 3.05) is 32.6 Å². The van der Waals surface area contributed by atoms with Gasteiger partial charge in [-0.2, -0.15) is 0 Å². The van der Waals surface area contributed by atoms with Crippen LogP contribution in [0.4, 0.5) is 14.5 Å². The van der Waals surface area contributed by atoms with Crippen LogP contribution in [0.15, 0.2) is 36.4 Å². The van der Waals surface area contributed by atoms with Gasteiger partial charge in [0.25, 0.3) is 5.91 Å². The number of ether oxygens (including phenoxy) is 1. The van der Waals surface area contributed by atoms with Crippen molar-refractivity contribution in [1.29, 1.82) is 0 Å². The predicted octanol–water partition coefficient (Wildman–Crippen LogP) is 3.47. The molecular formula is C18H20F2N2O2. The van der Waals surface area contributed by atoms with E-state index in [4.69, 9.17) is 4.74 Å². The number of rotatable bonds is 6. The van der Waals surface area contributed by atoms with E-state index >= 15 is 0 Å². The van der Waals surface area contributed by atoms with Gasteiger partial charge in [-0.1, -0.05) is 6.07 Å². The number of carbonyl (C=O) groups excluding carboxylic acids is 1. The highest BCUT2D eigenvalue weighted by Gasteiger charge is 2.15. The number of carbonyl (C=O) groups is 1. The third kappa shape index (κ3) is 4.76. The van der Waals surface area contributed by atoms with Gasteiger partial charge >= 0.3 is 0 Å². The molecule has 0 fully saturated rings. The lowest BCUT2D eigenvalue weighted by Gasteiger charge is -2.15. The van der Waals surface area contributed by atoms with Gasteiger partial charge in [0.15, 0.2) is 0 Å². The van der Waals surface area contributed by atoms with E-state index < -0.39 is 17.5 Å². The number of halogens is 2. The number of benzene rings is 2. The summed E-state index contributed by atoms with van der Waals surface area (Å²) < 4.78 is 32.7. The summed E-state index contributed by atoms with van der Waals surface area (Å²) in [6.45, 7) is 3.05. The SMILES string of the molecule is Cc1ccc(NC(=O)c2cc(F)ccc2F)c(OCCN(C)C)c1. The van der Waals surface area contributed by atoms with Crippen LogP contribution in [-0.2, 0) is 0 Å². The Labute approximate surface area is 140 Å². The fourth-order valence-corrected chi connectivity index (χ4v) is 2.05. The van der Waals surface area contributed by atoms with E-state index in [0.717, 1.165) is 23.8 Å². The summed E-state index contributed by atoms with van der Waals surface area (Å²) in [5, 5.41) is 2.58. The maximum absolute atomic E-state index is 13.7. The van der Waals surface area contributed by atoms with Crippen molar-refractivity contribution in [1.82, 2.24) is 4.90 Å². The van der Waals surface area contributed by atoms with E-state index in [2.05, 4.69) is 5.32 Å². The number of amides is 1. The Morgan fingerprint density at radius 2 is 1.92 bits per heavy atom. The lowest BCUT2D eigenvalue weighted by atomic mass is 10.1. The Balaban J connectivity index is 2.19. The second-order valence-electron chi connectivity index (χ2n) is 5.73. The summed E-state index contributed by atoms with van der Waals surface area (Å²) in [5.74, 6) is -1.70. The minimum atomic E-state index is -0.781. The van der Waals surface area contributed by atoms with E-state index in [1.807, 2.05) is 25.9 Å². The van der Waals surface area contributed by atoms with Crippen LogP contribution in [0.3, 0.4) is 0 Å². The Bertz CT molecular complexity index is 733. The van der Waals surface area contributed by atoms with Crippen molar-refractivity contribution >= 4 is 11.6 Å². The first-order chi connectivity index (χ1) is 11.4. The first-order valence-electron chi connectivity index (χ1n) is 7.51. The molecular weight excluding hydrogens is 314 g/mol. The van der Waals surface area contributed by atoms with Crippen LogP contribution in [0.1, 0.15) is 15.9 Å². The minimum Gasteiger partial charge on any atom is -0.490 e. The monoisotopic (exact) mass is 334 g/mol. The summed E-state index contributed by atoms with van der Waals surface area (Å²) in [6.07, 6.45) is 0. The molecule has 0 bridgehead atoms. The van der Waals surface area contributed by atoms with Gasteiger partial charge in [-0.3, -0.25) is 4.79 Å². The maximum Gasteiger partial charge on any atom is 0.258 e. The Kier molecular flexibility index (Phi) is 5.87. The van der Waals surface area contributed by atoms with E-state index in [0.29, 0.717) is 24.6 Å². The van der Waals surface area contributed by atoms with Crippen LogP contribution >= 0.6 is 0 Å². The van der Waals surface area contributed by atoms with Gasteiger partial charge in [0, 0.05) is 6.54 Å². The zero-order chi connectivity index (χ0) is 17.7. The summed E-state index contributed by atoms with van der Waals surface area (Å²) >= 11 is 0. The number of hydrogen-bond donors (Lipinski definition) is 1. The van der Waals surface area contributed by atoms with Crippen molar-refractivity contribution in [3.8, 4) is 5.75 Å². The molecule has 0 aliphatic carbocycles. The fraction of sp³-hybridized carbons (Fsp3) is 0.278. The molecule has 2 rings (SSSR count). The summed E-state index contributed by atoms with van der Waals surface area (Å²) in [7, 11) is 3.85. The van der Waals surface area contributed by atoms with Gasteiger partial charge < -0.3 is 15.0 Å². The Hall–Kier alpha value is -2.47. The standard InChI is InChI=1S/C18H20F2N2O2/c1-12-4-7-16(17(10-12)24-9-8-22(2)3)21-18(23)14-11-13(19)5-6-15(14)20/h4-7,10-11H,8-9H2,1-3H3,(H,21,23). The highest BCUT2D eigenvalue weighted by Crippen LogP contribution is 2.26. The highest BCUT2D eigenvalue weighted by molar-refractivity contribution is 6.05. The van der Waals surface area contributed by atoms with Gasteiger partial charge in [-0.05, 0) is 56.9 Å². The largest absolute Gasteiger partial charge is 0.490 e. The number of nitrogens with zero attached hydrogens (tertiary/aromatic N) is 1. The molecule has 2 aromatic rings. The van der Waals surface area contributed by atoms with Crippen molar-refractivity contribution in [3.05, 3.63) is 59.2 Å². The van der Waals surface area contributed by atoms with Crippen LogP contribution in [0.2, 0.25) is 0 Å². The number of nitrogens with one attached hydrogen (secondary N) is 1. The Morgan fingerprint density at radius 3 is 2.62 bits per heavy atom. The first-order valence-corrected chi connectivity index (χ1v) is 7.51. The quantitative estimate of drug-likeness (QED) is 0.879. The smallest absolute Gasteiger partial charge is 0.258 e. The molecule has 0 heterocycles. The molecule has 0 atom stereocenters. The van der Waals surface area contributed by atoms with Crippen LogP contribution in [0.25, 0.3) is 0 Å². The second kappa shape index (κ2) is 7.88. The van der Waals surface area contributed by atoms with Crippen LogP contribution in [0, 0.1) is 18.6 Å². The molecule has 1 amide bonds. The third-order valence-electron chi connectivity index (χ3n) is 3.35. The third-order valence-corrected chi connectivity index (χ3v) is 3.35. The molecule has 6 heteroatoms. The first kappa shape index (κ1) is 17.9. The second-order valence-corrected chi connectivity index (χ2v) is 5.73. The van der Waals surface area contributed by atoms with Crippen molar-refractivity contribution in [3.63, 3.8) is 0 Å². The molecule has 2 aromatic carbocycles. The van der Waals surface area contributed by atoms with Crippen molar-refractivity contribution in [2.45, 2.75) is 6.92 Å². The molecule has 0 aliphatic rings. The molecule has 0 saturated carbocycles. The van der Waals surface area contributed by atoms with Gasteiger partial charge in [0.1, 0.15) is 24.0 Å². The van der Waals surface area contributed by atoms with Gasteiger partial charge in [-0.15, -0.1) is 0 Å². The number of aryl methyl sites for hydroxylation is 1. The number of likely N-dealkylation sites (N-methyl/N-ethyl adjacent to an activating group) is 1. The zero-order valence-corrected chi connectivity index (χ0v) is 13.9. The van der Waals surface area contributed by atoms with E-state index in [1.165, 1.54) is 0 Å². The number of hydrogen-bond acceptors (Lipinski definition) is 3. The van der Waals surface area contributed by atoms with Gasteiger partial charge in [0.05, 0.1) is 11.3 Å². The summed E-state index contributed by atoms with van der Waals surface area (Å²) in [5.41, 5.74) is 1.02. The van der Waals surface area contributed by atoms with Crippen LogP contribution in [0.5, 0.6) is 5.75 Å². The number of anilines is 1. The molecule has 0 radical (unpaired) electrons. The average Bonchev–Trinajstić information content (AvgIpc) is 2.51. The molecule has 0 spiro atoms.